The molecule has 4 heteroatoms. The van der Waals surface area contributed by atoms with Gasteiger partial charge in [-0.15, -0.1) is 0 Å². The normalized spacial score (nSPS) is 16.4. The van der Waals surface area contributed by atoms with E-state index in [2.05, 4.69) is 16.0 Å². The van der Waals surface area contributed by atoms with Gasteiger partial charge >= 0.3 is 0 Å². The molecule has 0 saturated carbocycles. The maximum atomic E-state index is 9.23. The Morgan fingerprint density at radius 2 is 2.09 bits per heavy atom. The first kappa shape index (κ1) is 10.8. The number of hydrogen-bond donors (Lipinski definition) is 4. The predicted molar refractivity (Wildman–Crippen MR) is 46.2 cm³/mol. The van der Waals surface area contributed by atoms with Crippen LogP contribution in [0.1, 0.15) is 13.8 Å². The SMILES string of the molecule is CCNC(C)NC(O)CNC. The van der Waals surface area contributed by atoms with Crippen molar-refractivity contribution in [3.8, 4) is 0 Å². The van der Waals surface area contributed by atoms with Crippen molar-refractivity contribution in [3.05, 3.63) is 0 Å². The number of hydrogen-bond acceptors (Lipinski definition) is 4. The van der Waals surface area contributed by atoms with E-state index in [1.54, 1.807) is 0 Å². The van der Waals surface area contributed by atoms with Crippen LogP contribution in [0.25, 0.3) is 0 Å². The molecule has 4 nitrogen and oxygen atoms in total. The molecule has 0 radical (unpaired) electrons. The van der Waals surface area contributed by atoms with Crippen LogP contribution in [0.4, 0.5) is 0 Å². The molecule has 11 heavy (non-hydrogen) atoms. The number of nitrogens with one attached hydrogen (secondary N) is 3. The Morgan fingerprint density at radius 3 is 2.55 bits per heavy atom. The second-order valence-electron chi connectivity index (χ2n) is 2.52. The Balaban J connectivity index is 3.32. The average molecular weight is 161 g/mol. The maximum absolute atomic E-state index is 9.23. The first-order chi connectivity index (χ1) is 5.20. The lowest BCUT2D eigenvalue weighted by molar-refractivity contribution is 0.119. The summed E-state index contributed by atoms with van der Waals surface area (Å²) >= 11 is 0. The van der Waals surface area contributed by atoms with Crippen LogP contribution in [-0.4, -0.2) is 37.6 Å². The van der Waals surface area contributed by atoms with E-state index in [9.17, 15) is 5.11 Å². The molecule has 0 aromatic carbocycles. The summed E-state index contributed by atoms with van der Waals surface area (Å²) in [5.74, 6) is 0. The van der Waals surface area contributed by atoms with E-state index >= 15 is 0 Å². The minimum Gasteiger partial charge on any atom is -0.377 e. The van der Waals surface area contributed by atoms with Crippen LogP contribution < -0.4 is 16.0 Å². The summed E-state index contributed by atoms with van der Waals surface area (Å²) in [4.78, 5) is 0. The number of aliphatic hydroxyl groups is 1. The van der Waals surface area contributed by atoms with Crippen LogP contribution in [-0.2, 0) is 0 Å². The fraction of sp³-hybridized carbons (Fsp3) is 1.00. The number of aliphatic hydroxyl groups excluding tert-OH is 1. The lowest BCUT2D eigenvalue weighted by Crippen LogP contribution is -2.48. The topological polar surface area (TPSA) is 56.3 Å². The van der Waals surface area contributed by atoms with E-state index in [0.29, 0.717) is 6.54 Å². The van der Waals surface area contributed by atoms with Crippen LogP contribution in [0.3, 0.4) is 0 Å². The molecular weight excluding hydrogens is 142 g/mol. The van der Waals surface area contributed by atoms with Gasteiger partial charge in [-0.1, -0.05) is 6.92 Å². The summed E-state index contributed by atoms with van der Waals surface area (Å²) in [7, 11) is 1.81. The van der Waals surface area contributed by atoms with Crippen LogP contribution in [0.5, 0.6) is 0 Å². The summed E-state index contributed by atoms with van der Waals surface area (Å²) in [6.07, 6.45) is -0.322. The monoisotopic (exact) mass is 161 g/mol. The highest BCUT2D eigenvalue weighted by molar-refractivity contribution is 4.61. The third-order valence-electron chi connectivity index (χ3n) is 1.35. The van der Waals surface area contributed by atoms with Crippen molar-refractivity contribution in [1.82, 2.24) is 16.0 Å². The molecule has 0 aromatic heterocycles. The Bertz CT molecular complexity index is 79.8. The van der Waals surface area contributed by atoms with Crippen LogP contribution >= 0.6 is 0 Å². The largest absolute Gasteiger partial charge is 0.377 e. The van der Waals surface area contributed by atoms with E-state index in [-0.39, 0.29) is 6.17 Å². The molecule has 0 aliphatic carbocycles. The smallest absolute Gasteiger partial charge is 0.118 e. The van der Waals surface area contributed by atoms with Crippen molar-refractivity contribution in [2.45, 2.75) is 26.2 Å². The standard InChI is InChI=1S/C7H19N3O/c1-4-9-6(2)10-7(11)5-8-3/h6-11H,4-5H2,1-3H3. The van der Waals surface area contributed by atoms with Gasteiger partial charge < -0.3 is 15.7 Å². The average Bonchev–Trinajstić information content (AvgIpc) is 1.87. The predicted octanol–water partition coefficient (Wildman–Crippen LogP) is -0.931. The third kappa shape index (κ3) is 6.25. The van der Waals surface area contributed by atoms with Crippen molar-refractivity contribution in [2.75, 3.05) is 20.1 Å². The Hall–Kier alpha value is -0.160. The molecule has 68 valence electrons. The number of rotatable bonds is 6. The summed E-state index contributed by atoms with van der Waals surface area (Å²) in [5, 5.41) is 18.2. The van der Waals surface area contributed by atoms with Crippen LogP contribution in [0.2, 0.25) is 0 Å². The molecule has 2 unspecified atom stereocenters. The highest BCUT2D eigenvalue weighted by Gasteiger charge is 2.04. The minimum absolute atomic E-state index is 0.156. The molecule has 0 aliphatic rings. The third-order valence-corrected chi connectivity index (χ3v) is 1.35. The summed E-state index contributed by atoms with van der Waals surface area (Å²) in [6.45, 7) is 5.47. The van der Waals surface area contributed by atoms with Gasteiger partial charge in [0, 0.05) is 6.54 Å². The maximum Gasteiger partial charge on any atom is 0.118 e. The van der Waals surface area contributed by atoms with Gasteiger partial charge in [0.2, 0.25) is 0 Å². The summed E-state index contributed by atoms with van der Waals surface area (Å²) in [5.41, 5.74) is 0. The molecule has 0 spiro atoms. The van der Waals surface area contributed by atoms with E-state index in [0.717, 1.165) is 6.54 Å². The fourth-order valence-corrected chi connectivity index (χ4v) is 0.906. The molecule has 0 bridgehead atoms. The lowest BCUT2D eigenvalue weighted by atomic mass is 10.4. The molecule has 0 aromatic rings. The van der Waals surface area contributed by atoms with Gasteiger partial charge in [-0.05, 0) is 20.5 Å². The van der Waals surface area contributed by atoms with Crippen molar-refractivity contribution in [3.63, 3.8) is 0 Å². The van der Waals surface area contributed by atoms with Gasteiger partial charge in [-0.3, -0.25) is 5.32 Å². The Labute approximate surface area is 68.4 Å². The van der Waals surface area contributed by atoms with Gasteiger partial charge in [0.15, 0.2) is 0 Å². The van der Waals surface area contributed by atoms with Crippen LogP contribution in [0, 0.1) is 0 Å². The molecule has 0 fully saturated rings. The second kappa shape index (κ2) is 6.54. The van der Waals surface area contributed by atoms with Gasteiger partial charge in [-0.25, -0.2) is 0 Å². The molecule has 0 aliphatic heterocycles. The molecule has 0 amide bonds. The van der Waals surface area contributed by atoms with Crippen molar-refractivity contribution < 1.29 is 5.11 Å². The molecule has 0 heterocycles. The second-order valence-corrected chi connectivity index (χ2v) is 2.52. The van der Waals surface area contributed by atoms with E-state index < -0.39 is 6.23 Å². The van der Waals surface area contributed by atoms with E-state index in [4.69, 9.17) is 0 Å². The van der Waals surface area contributed by atoms with Gasteiger partial charge in [0.1, 0.15) is 6.23 Å². The fourth-order valence-electron chi connectivity index (χ4n) is 0.906. The zero-order chi connectivity index (χ0) is 8.69. The van der Waals surface area contributed by atoms with Crippen LogP contribution in [0.15, 0.2) is 0 Å². The molecule has 2 atom stereocenters. The summed E-state index contributed by atoms with van der Waals surface area (Å²) < 4.78 is 0. The molecule has 0 rings (SSSR count). The van der Waals surface area contributed by atoms with Gasteiger partial charge in [0.25, 0.3) is 0 Å². The first-order valence-corrected chi connectivity index (χ1v) is 4.02. The van der Waals surface area contributed by atoms with Gasteiger partial charge in [-0.2, -0.15) is 0 Å². The molecular formula is C7H19N3O. The quantitative estimate of drug-likeness (QED) is 0.380. The zero-order valence-corrected chi connectivity index (χ0v) is 7.52. The Kier molecular flexibility index (Phi) is 6.45. The molecule has 4 N–H and O–H groups in total. The molecule has 0 saturated heterocycles. The van der Waals surface area contributed by atoms with E-state index in [1.807, 2.05) is 20.9 Å². The zero-order valence-electron chi connectivity index (χ0n) is 7.52. The summed E-state index contributed by atoms with van der Waals surface area (Å²) in [6, 6.07) is 0. The van der Waals surface area contributed by atoms with Crippen molar-refractivity contribution in [1.29, 1.82) is 0 Å². The Morgan fingerprint density at radius 1 is 1.45 bits per heavy atom. The van der Waals surface area contributed by atoms with Crippen molar-refractivity contribution in [2.24, 2.45) is 0 Å². The number of likely N-dealkylation sites (N-methyl/N-ethyl adjacent to an activating group) is 1. The van der Waals surface area contributed by atoms with E-state index in [1.165, 1.54) is 0 Å². The highest BCUT2D eigenvalue weighted by atomic mass is 16.3. The van der Waals surface area contributed by atoms with Crippen molar-refractivity contribution >= 4 is 0 Å². The highest BCUT2D eigenvalue weighted by Crippen LogP contribution is 1.78. The first-order valence-electron chi connectivity index (χ1n) is 4.02. The lowest BCUT2D eigenvalue weighted by Gasteiger charge is -2.18. The minimum atomic E-state index is -0.478. The van der Waals surface area contributed by atoms with Gasteiger partial charge in [0.05, 0.1) is 6.17 Å².